The van der Waals surface area contributed by atoms with Crippen molar-refractivity contribution in [1.82, 2.24) is 4.31 Å². The standard InChI is InChI=1S/C14H22FN3O2S/c1-2-18(14-8-4-3-7-13(14)15)21(19,20)17-9-5-6-12(10-16)11-17/h3-4,7-8,12H,2,5-6,9-11,16H2,1H3. The van der Waals surface area contributed by atoms with Gasteiger partial charge in [0.15, 0.2) is 0 Å². The molecule has 0 aliphatic carbocycles. The molecule has 1 fully saturated rings. The first-order valence-electron chi connectivity index (χ1n) is 7.23. The molecular weight excluding hydrogens is 293 g/mol. The lowest BCUT2D eigenvalue weighted by Crippen LogP contribution is -2.49. The number of halogens is 1. The molecular formula is C14H22FN3O2S. The second kappa shape index (κ2) is 6.72. The van der Waals surface area contributed by atoms with Crippen LogP contribution in [0.3, 0.4) is 0 Å². The molecule has 1 aromatic rings. The highest BCUT2D eigenvalue weighted by atomic mass is 32.2. The van der Waals surface area contributed by atoms with Gasteiger partial charge in [-0.25, -0.2) is 4.39 Å². The van der Waals surface area contributed by atoms with E-state index in [9.17, 15) is 12.8 Å². The van der Waals surface area contributed by atoms with E-state index in [4.69, 9.17) is 5.73 Å². The lowest BCUT2D eigenvalue weighted by Gasteiger charge is -2.35. The van der Waals surface area contributed by atoms with Crippen molar-refractivity contribution in [3.8, 4) is 0 Å². The minimum absolute atomic E-state index is 0.0925. The van der Waals surface area contributed by atoms with E-state index in [1.54, 1.807) is 19.1 Å². The molecule has 1 aromatic carbocycles. The fourth-order valence-corrected chi connectivity index (χ4v) is 4.44. The molecule has 1 atom stereocenters. The molecule has 2 N–H and O–H groups in total. The van der Waals surface area contributed by atoms with Crippen LogP contribution in [0, 0.1) is 11.7 Å². The predicted octanol–water partition coefficient (Wildman–Crippen LogP) is 1.57. The summed E-state index contributed by atoms with van der Waals surface area (Å²) in [5.74, 6) is -0.358. The van der Waals surface area contributed by atoms with Gasteiger partial charge in [-0.1, -0.05) is 12.1 Å². The van der Waals surface area contributed by atoms with Crippen LogP contribution in [0.15, 0.2) is 24.3 Å². The molecule has 1 aliphatic heterocycles. The van der Waals surface area contributed by atoms with Crippen LogP contribution in [0.4, 0.5) is 10.1 Å². The SMILES string of the molecule is CCN(c1ccccc1F)S(=O)(=O)N1CCCC(CN)C1. The van der Waals surface area contributed by atoms with Crippen molar-refractivity contribution < 1.29 is 12.8 Å². The first-order chi connectivity index (χ1) is 10.0. The molecule has 7 heteroatoms. The average molecular weight is 315 g/mol. The minimum atomic E-state index is -3.72. The maximum Gasteiger partial charge on any atom is 0.304 e. The van der Waals surface area contributed by atoms with E-state index in [2.05, 4.69) is 0 Å². The van der Waals surface area contributed by atoms with Crippen LogP contribution >= 0.6 is 0 Å². The molecule has 0 radical (unpaired) electrons. The summed E-state index contributed by atoms with van der Waals surface area (Å²) >= 11 is 0. The second-order valence-corrected chi connectivity index (χ2v) is 7.08. The molecule has 0 aromatic heterocycles. The van der Waals surface area contributed by atoms with Crippen molar-refractivity contribution in [2.45, 2.75) is 19.8 Å². The van der Waals surface area contributed by atoms with Gasteiger partial charge in [-0.15, -0.1) is 0 Å². The summed E-state index contributed by atoms with van der Waals surface area (Å²) in [5.41, 5.74) is 5.75. The van der Waals surface area contributed by atoms with Crippen LogP contribution in [0.1, 0.15) is 19.8 Å². The van der Waals surface area contributed by atoms with Gasteiger partial charge in [0.1, 0.15) is 5.82 Å². The molecule has 5 nitrogen and oxygen atoms in total. The van der Waals surface area contributed by atoms with E-state index in [1.165, 1.54) is 16.4 Å². The Morgan fingerprint density at radius 2 is 2.14 bits per heavy atom. The first-order valence-corrected chi connectivity index (χ1v) is 8.62. The fraction of sp³-hybridized carbons (Fsp3) is 0.571. The summed E-state index contributed by atoms with van der Waals surface area (Å²) in [5, 5.41) is 0. The van der Waals surface area contributed by atoms with Crippen LogP contribution in [-0.2, 0) is 10.2 Å². The highest BCUT2D eigenvalue weighted by Crippen LogP contribution is 2.26. The van der Waals surface area contributed by atoms with Crippen molar-refractivity contribution in [2.24, 2.45) is 11.7 Å². The van der Waals surface area contributed by atoms with E-state index in [0.29, 0.717) is 19.6 Å². The van der Waals surface area contributed by atoms with Gasteiger partial charge in [-0.05, 0) is 44.4 Å². The highest BCUT2D eigenvalue weighted by molar-refractivity contribution is 7.90. The van der Waals surface area contributed by atoms with Gasteiger partial charge >= 0.3 is 10.2 Å². The van der Waals surface area contributed by atoms with Crippen molar-refractivity contribution in [2.75, 3.05) is 30.5 Å². The number of hydrogen-bond donors (Lipinski definition) is 1. The van der Waals surface area contributed by atoms with Crippen molar-refractivity contribution in [3.63, 3.8) is 0 Å². The van der Waals surface area contributed by atoms with E-state index in [0.717, 1.165) is 17.1 Å². The molecule has 1 aliphatic rings. The van der Waals surface area contributed by atoms with Gasteiger partial charge in [0.25, 0.3) is 0 Å². The average Bonchev–Trinajstić information content (AvgIpc) is 2.50. The number of para-hydroxylation sites is 1. The number of piperidine rings is 1. The summed E-state index contributed by atoms with van der Waals surface area (Å²) in [7, 11) is -3.72. The molecule has 21 heavy (non-hydrogen) atoms. The van der Waals surface area contributed by atoms with Gasteiger partial charge < -0.3 is 5.73 Å². The van der Waals surface area contributed by atoms with Gasteiger partial charge in [0.2, 0.25) is 0 Å². The lowest BCUT2D eigenvalue weighted by molar-refractivity contribution is 0.270. The normalized spacial score (nSPS) is 20.4. The van der Waals surface area contributed by atoms with Gasteiger partial charge in [-0.3, -0.25) is 4.31 Å². The molecule has 1 heterocycles. The van der Waals surface area contributed by atoms with Crippen LogP contribution in [-0.4, -0.2) is 38.9 Å². The number of nitrogens with zero attached hydrogens (tertiary/aromatic N) is 2. The molecule has 1 saturated heterocycles. The quantitative estimate of drug-likeness (QED) is 0.897. The maximum absolute atomic E-state index is 13.9. The summed E-state index contributed by atoms with van der Waals surface area (Å²) in [6.45, 7) is 3.23. The Balaban J connectivity index is 2.30. The van der Waals surface area contributed by atoms with Gasteiger partial charge in [0, 0.05) is 19.6 Å². The van der Waals surface area contributed by atoms with Crippen LogP contribution in [0.25, 0.3) is 0 Å². The second-order valence-electron chi connectivity index (χ2n) is 5.23. The molecule has 0 amide bonds. The molecule has 1 unspecified atom stereocenters. The topological polar surface area (TPSA) is 66.6 Å². The lowest BCUT2D eigenvalue weighted by atomic mass is 10.0. The van der Waals surface area contributed by atoms with Gasteiger partial charge in [0.05, 0.1) is 5.69 Å². The third kappa shape index (κ3) is 3.36. The zero-order valence-corrected chi connectivity index (χ0v) is 13.0. The first kappa shape index (κ1) is 16.2. The monoisotopic (exact) mass is 315 g/mol. The Kier molecular flexibility index (Phi) is 5.18. The van der Waals surface area contributed by atoms with Crippen LogP contribution < -0.4 is 10.0 Å². The molecule has 0 saturated carbocycles. The molecule has 0 spiro atoms. The number of benzene rings is 1. The van der Waals surface area contributed by atoms with Crippen molar-refractivity contribution in [3.05, 3.63) is 30.1 Å². The molecule has 118 valence electrons. The summed E-state index contributed by atoms with van der Waals surface area (Å²) in [6.07, 6.45) is 1.73. The highest BCUT2D eigenvalue weighted by Gasteiger charge is 2.33. The summed E-state index contributed by atoms with van der Waals surface area (Å²) < 4.78 is 42.0. The minimum Gasteiger partial charge on any atom is -0.330 e. The van der Waals surface area contributed by atoms with Gasteiger partial charge in [-0.2, -0.15) is 12.7 Å². The van der Waals surface area contributed by atoms with Crippen molar-refractivity contribution >= 4 is 15.9 Å². The van der Waals surface area contributed by atoms with Crippen molar-refractivity contribution in [1.29, 1.82) is 0 Å². The maximum atomic E-state index is 13.9. The number of rotatable bonds is 5. The zero-order chi connectivity index (χ0) is 15.5. The van der Waals surface area contributed by atoms with E-state index < -0.39 is 16.0 Å². The Morgan fingerprint density at radius 3 is 2.76 bits per heavy atom. The third-order valence-electron chi connectivity index (χ3n) is 3.83. The Morgan fingerprint density at radius 1 is 1.43 bits per heavy atom. The predicted molar refractivity (Wildman–Crippen MR) is 81.7 cm³/mol. The number of anilines is 1. The van der Waals surface area contributed by atoms with Crippen LogP contribution in [0.5, 0.6) is 0 Å². The summed E-state index contributed by atoms with van der Waals surface area (Å²) in [4.78, 5) is 0. The van der Waals surface area contributed by atoms with E-state index in [-0.39, 0.29) is 18.2 Å². The van der Waals surface area contributed by atoms with E-state index in [1.807, 2.05) is 0 Å². The number of hydrogen-bond acceptors (Lipinski definition) is 3. The molecule has 0 bridgehead atoms. The van der Waals surface area contributed by atoms with Crippen LogP contribution in [0.2, 0.25) is 0 Å². The third-order valence-corrected chi connectivity index (χ3v) is 5.82. The fourth-order valence-electron chi connectivity index (χ4n) is 2.68. The Hall–Kier alpha value is -1.18. The Labute approximate surface area is 125 Å². The molecule has 2 rings (SSSR count). The number of nitrogens with two attached hydrogens (primary N) is 1. The Bertz CT molecular complexity index is 579. The zero-order valence-electron chi connectivity index (χ0n) is 12.2. The summed E-state index contributed by atoms with van der Waals surface area (Å²) in [6, 6.07) is 5.94. The largest absolute Gasteiger partial charge is 0.330 e. The smallest absolute Gasteiger partial charge is 0.304 e. The van der Waals surface area contributed by atoms with E-state index >= 15 is 0 Å².